The molecule has 0 spiro atoms. The minimum absolute atomic E-state index is 0.130. The first-order valence-electron chi connectivity index (χ1n) is 8.91. The average Bonchev–Trinajstić information content (AvgIpc) is 3.24. The van der Waals surface area contributed by atoms with Crippen molar-refractivity contribution >= 4 is 23.4 Å². The van der Waals surface area contributed by atoms with E-state index in [9.17, 15) is 14.7 Å². The summed E-state index contributed by atoms with van der Waals surface area (Å²) in [5, 5.41) is 13.7. The number of carboxylic acid groups (broad SMARTS) is 1. The fourth-order valence-electron chi connectivity index (χ4n) is 3.77. The highest BCUT2D eigenvalue weighted by molar-refractivity contribution is 5.95. The third-order valence-electron chi connectivity index (χ3n) is 5.08. The number of rotatable bonds is 4. The molecular weight excluding hydrogens is 334 g/mol. The highest BCUT2D eigenvalue weighted by Crippen LogP contribution is 2.28. The Balaban J connectivity index is 1.58. The summed E-state index contributed by atoms with van der Waals surface area (Å²) in [6.07, 6.45) is 3.93. The number of hydrogen-bond acceptors (Lipinski definition) is 5. The first-order chi connectivity index (χ1) is 12.6. The van der Waals surface area contributed by atoms with Crippen LogP contribution in [0.1, 0.15) is 41.5 Å². The summed E-state index contributed by atoms with van der Waals surface area (Å²) in [5.41, 5.74) is 2.72. The van der Waals surface area contributed by atoms with Gasteiger partial charge >= 0.3 is 5.97 Å². The van der Waals surface area contributed by atoms with Crippen molar-refractivity contribution in [1.29, 1.82) is 0 Å². The maximum atomic E-state index is 11.9. The van der Waals surface area contributed by atoms with Crippen LogP contribution in [0.3, 0.4) is 0 Å². The molecule has 136 valence electrons. The van der Waals surface area contributed by atoms with Crippen molar-refractivity contribution in [2.24, 2.45) is 0 Å². The number of fused-ring (bicyclic) bond motifs is 1. The summed E-state index contributed by atoms with van der Waals surface area (Å²) in [6.45, 7) is 4.60. The van der Waals surface area contributed by atoms with Crippen LogP contribution in [-0.2, 0) is 24.3 Å². The van der Waals surface area contributed by atoms with Crippen LogP contribution in [0.4, 0.5) is 11.5 Å². The molecule has 8 nitrogen and oxygen atoms in total. The normalized spacial score (nSPS) is 16.9. The maximum Gasteiger partial charge on any atom is 0.356 e. The highest BCUT2D eigenvalue weighted by atomic mass is 16.4. The quantitative estimate of drug-likeness (QED) is 0.897. The van der Waals surface area contributed by atoms with E-state index < -0.39 is 5.97 Å². The second-order valence-electron chi connectivity index (χ2n) is 6.59. The smallest absolute Gasteiger partial charge is 0.356 e. The molecule has 1 saturated heterocycles. The number of anilines is 2. The lowest BCUT2D eigenvalue weighted by molar-refractivity contribution is -0.117. The fraction of sp³-hybridized carbons (Fsp3) is 0.444. The van der Waals surface area contributed by atoms with E-state index in [-0.39, 0.29) is 11.6 Å². The lowest BCUT2D eigenvalue weighted by Crippen LogP contribution is -2.32. The van der Waals surface area contributed by atoms with Gasteiger partial charge in [0.1, 0.15) is 5.82 Å². The zero-order chi connectivity index (χ0) is 18.3. The van der Waals surface area contributed by atoms with E-state index >= 15 is 0 Å². The molecule has 0 aliphatic carbocycles. The van der Waals surface area contributed by atoms with Gasteiger partial charge in [0.25, 0.3) is 0 Å². The summed E-state index contributed by atoms with van der Waals surface area (Å²) in [6, 6.07) is 3.81. The molecule has 26 heavy (non-hydrogen) atoms. The van der Waals surface area contributed by atoms with E-state index in [0.29, 0.717) is 19.5 Å². The average molecular weight is 355 g/mol. The van der Waals surface area contributed by atoms with Crippen LogP contribution in [0.25, 0.3) is 0 Å². The van der Waals surface area contributed by atoms with Crippen molar-refractivity contribution in [3.63, 3.8) is 0 Å². The molecule has 1 N–H and O–H groups in total. The number of pyridine rings is 1. The van der Waals surface area contributed by atoms with Crippen LogP contribution in [0.15, 0.2) is 18.3 Å². The predicted octanol–water partition coefficient (Wildman–Crippen LogP) is 1.69. The fourth-order valence-corrected chi connectivity index (χ4v) is 3.77. The Morgan fingerprint density at radius 1 is 1.27 bits per heavy atom. The van der Waals surface area contributed by atoms with E-state index in [1.165, 1.54) is 0 Å². The number of aryl methyl sites for hydroxylation is 1. The van der Waals surface area contributed by atoms with Crippen molar-refractivity contribution < 1.29 is 14.7 Å². The van der Waals surface area contributed by atoms with Gasteiger partial charge in [-0.3, -0.25) is 9.48 Å². The zero-order valence-electron chi connectivity index (χ0n) is 14.7. The van der Waals surface area contributed by atoms with E-state index in [2.05, 4.69) is 15.0 Å². The van der Waals surface area contributed by atoms with Gasteiger partial charge in [0.15, 0.2) is 5.69 Å². The Hall–Kier alpha value is -2.90. The lowest BCUT2D eigenvalue weighted by atomic mass is 10.0. The topological polar surface area (TPSA) is 91.6 Å². The Morgan fingerprint density at radius 3 is 2.73 bits per heavy atom. The molecule has 2 aromatic heterocycles. The second-order valence-corrected chi connectivity index (χ2v) is 6.59. The van der Waals surface area contributed by atoms with Gasteiger partial charge in [0.2, 0.25) is 5.91 Å². The number of amides is 1. The minimum atomic E-state index is -0.994. The van der Waals surface area contributed by atoms with Gasteiger partial charge in [0, 0.05) is 50.3 Å². The SMILES string of the molecule is CCn1nc(C(=O)O)c2c1CCN(c1ccc(N3CCCC3=O)cn1)C2. The molecule has 2 aliphatic rings. The second kappa shape index (κ2) is 6.44. The third kappa shape index (κ3) is 2.71. The Bertz CT molecular complexity index is 858. The van der Waals surface area contributed by atoms with Gasteiger partial charge < -0.3 is 14.9 Å². The Kier molecular flexibility index (Phi) is 4.10. The highest BCUT2D eigenvalue weighted by Gasteiger charge is 2.28. The molecule has 4 heterocycles. The number of aromatic nitrogens is 3. The monoisotopic (exact) mass is 355 g/mol. The Labute approximate surface area is 151 Å². The largest absolute Gasteiger partial charge is 0.476 e. The van der Waals surface area contributed by atoms with Gasteiger partial charge in [-0.15, -0.1) is 0 Å². The van der Waals surface area contributed by atoms with E-state index in [4.69, 9.17) is 0 Å². The Morgan fingerprint density at radius 2 is 2.12 bits per heavy atom. The van der Waals surface area contributed by atoms with Crippen molar-refractivity contribution in [1.82, 2.24) is 14.8 Å². The van der Waals surface area contributed by atoms with Crippen molar-refractivity contribution in [3.05, 3.63) is 35.3 Å². The molecule has 0 bridgehead atoms. The number of nitrogens with zero attached hydrogens (tertiary/aromatic N) is 5. The molecule has 4 rings (SSSR count). The van der Waals surface area contributed by atoms with E-state index in [0.717, 1.165) is 48.7 Å². The molecular formula is C18H21N5O3. The standard InChI is InChI=1S/C18H21N5O3/c1-2-23-14-7-9-21(11-13(14)17(20-23)18(25)26)15-6-5-12(10-19-15)22-8-3-4-16(22)24/h5-6,10H,2-4,7-9,11H2,1H3,(H,25,26). The van der Waals surface area contributed by atoms with Crippen molar-refractivity contribution in [2.75, 3.05) is 22.9 Å². The van der Waals surface area contributed by atoms with Crippen LogP contribution in [-0.4, -0.2) is 44.8 Å². The zero-order valence-corrected chi connectivity index (χ0v) is 14.7. The molecule has 0 radical (unpaired) electrons. The molecule has 0 aromatic carbocycles. The van der Waals surface area contributed by atoms with Crippen LogP contribution >= 0.6 is 0 Å². The summed E-state index contributed by atoms with van der Waals surface area (Å²) in [4.78, 5) is 31.7. The molecule has 0 atom stereocenters. The minimum Gasteiger partial charge on any atom is -0.476 e. The molecule has 0 saturated carbocycles. The van der Waals surface area contributed by atoms with Gasteiger partial charge in [-0.05, 0) is 25.5 Å². The van der Waals surface area contributed by atoms with Gasteiger partial charge in [-0.2, -0.15) is 5.10 Å². The first-order valence-corrected chi connectivity index (χ1v) is 8.91. The number of carboxylic acids is 1. The van der Waals surface area contributed by atoms with Crippen LogP contribution < -0.4 is 9.80 Å². The van der Waals surface area contributed by atoms with E-state index in [1.807, 2.05) is 19.1 Å². The third-order valence-corrected chi connectivity index (χ3v) is 5.08. The van der Waals surface area contributed by atoms with Crippen LogP contribution in [0.2, 0.25) is 0 Å². The number of carbonyl (C=O) groups excluding carboxylic acids is 1. The summed E-state index contributed by atoms with van der Waals surface area (Å²) in [5.74, 6) is -0.0713. The van der Waals surface area contributed by atoms with Crippen molar-refractivity contribution in [3.8, 4) is 0 Å². The predicted molar refractivity (Wildman–Crippen MR) is 95.4 cm³/mol. The summed E-state index contributed by atoms with van der Waals surface area (Å²) < 4.78 is 1.78. The van der Waals surface area contributed by atoms with E-state index in [1.54, 1.807) is 15.8 Å². The first kappa shape index (κ1) is 16.6. The van der Waals surface area contributed by atoms with Gasteiger partial charge in [0.05, 0.1) is 11.9 Å². The van der Waals surface area contributed by atoms with Crippen molar-refractivity contribution in [2.45, 2.75) is 39.3 Å². The van der Waals surface area contributed by atoms with Gasteiger partial charge in [-0.25, -0.2) is 9.78 Å². The summed E-state index contributed by atoms with van der Waals surface area (Å²) >= 11 is 0. The molecule has 2 aliphatic heterocycles. The molecule has 0 unspecified atom stereocenters. The van der Waals surface area contributed by atoms with Gasteiger partial charge in [-0.1, -0.05) is 0 Å². The molecule has 8 heteroatoms. The van der Waals surface area contributed by atoms with Crippen LogP contribution in [0, 0.1) is 0 Å². The molecule has 1 amide bonds. The number of aromatic carboxylic acids is 1. The number of carbonyl (C=O) groups is 2. The molecule has 1 fully saturated rings. The number of hydrogen-bond donors (Lipinski definition) is 1. The maximum absolute atomic E-state index is 11.9. The van der Waals surface area contributed by atoms with Crippen LogP contribution in [0.5, 0.6) is 0 Å². The molecule has 2 aromatic rings. The summed E-state index contributed by atoms with van der Waals surface area (Å²) in [7, 11) is 0. The lowest BCUT2D eigenvalue weighted by Gasteiger charge is -2.29.